The lowest BCUT2D eigenvalue weighted by molar-refractivity contribution is 0.285. The molecule has 104 valence electrons. The number of likely N-dealkylation sites (tertiary alicyclic amines) is 1. The highest BCUT2D eigenvalue weighted by Crippen LogP contribution is 2.34. The van der Waals surface area contributed by atoms with Crippen molar-refractivity contribution in [2.75, 3.05) is 19.6 Å². The zero-order valence-electron chi connectivity index (χ0n) is 12.0. The number of nitrogens with zero attached hydrogens (tertiary/aromatic N) is 1. The highest BCUT2D eigenvalue weighted by Gasteiger charge is 2.36. The van der Waals surface area contributed by atoms with Crippen molar-refractivity contribution in [1.29, 1.82) is 0 Å². The monoisotopic (exact) mass is 250 g/mol. The lowest BCUT2D eigenvalue weighted by atomic mass is 9.85. The minimum Gasteiger partial charge on any atom is -0.310 e. The number of hydrogen-bond donors (Lipinski definition) is 1. The average Bonchev–Trinajstić information content (AvgIpc) is 2.96. The van der Waals surface area contributed by atoms with Gasteiger partial charge in [-0.1, -0.05) is 26.2 Å². The van der Waals surface area contributed by atoms with Crippen molar-refractivity contribution in [1.82, 2.24) is 10.2 Å². The Labute approximate surface area is 113 Å². The maximum atomic E-state index is 3.92. The van der Waals surface area contributed by atoms with Crippen LogP contribution >= 0.6 is 0 Å². The van der Waals surface area contributed by atoms with Gasteiger partial charge in [-0.25, -0.2) is 0 Å². The number of hydrogen-bond acceptors (Lipinski definition) is 2. The molecule has 3 rings (SSSR count). The molecular formula is C16H30N2. The highest BCUT2D eigenvalue weighted by molar-refractivity contribution is 4.94. The third-order valence-electron chi connectivity index (χ3n) is 5.49. The van der Waals surface area contributed by atoms with Crippen LogP contribution in [0.1, 0.15) is 58.3 Å². The van der Waals surface area contributed by atoms with E-state index in [2.05, 4.69) is 17.1 Å². The Morgan fingerprint density at radius 2 is 2.06 bits per heavy atom. The van der Waals surface area contributed by atoms with Crippen LogP contribution in [0.2, 0.25) is 0 Å². The summed E-state index contributed by atoms with van der Waals surface area (Å²) in [5.41, 5.74) is 0. The first kappa shape index (κ1) is 12.9. The smallest absolute Gasteiger partial charge is 0.0200 e. The molecule has 0 aromatic carbocycles. The fraction of sp³-hybridized carbons (Fsp3) is 1.00. The molecular weight excluding hydrogens is 220 g/mol. The van der Waals surface area contributed by atoms with Gasteiger partial charge in [-0.2, -0.15) is 0 Å². The molecule has 2 nitrogen and oxygen atoms in total. The molecule has 1 aliphatic carbocycles. The Bertz CT molecular complexity index is 252. The molecule has 0 amide bonds. The second kappa shape index (κ2) is 5.92. The van der Waals surface area contributed by atoms with Crippen molar-refractivity contribution < 1.29 is 0 Å². The molecule has 2 aliphatic heterocycles. The third kappa shape index (κ3) is 2.91. The molecule has 4 atom stereocenters. The van der Waals surface area contributed by atoms with E-state index in [-0.39, 0.29) is 0 Å². The highest BCUT2D eigenvalue weighted by atomic mass is 15.2. The van der Waals surface area contributed by atoms with Crippen molar-refractivity contribution in [2.45, 2.75) is 70.4 Å². The van der Waals surface area contributed by atoms with Gasteiger partial charge in [0.15, 0.2) is 0 Å². The molecule has 3 aliphatic rings. The Hall–Kier alpha value is -0.0800. The van der Waals surface area contributed by atoms with E-state index in [1.807, 2.05) is 0 Å². The quantitative estimate of drug-likeness (QED) is 0.825. The van der Waals surface area contributed by atoms with E-state index in [9.17, 15) is 0 Å². The van der Waals surface area contributed by atoms with Gasteiger partial charge in [-0.05, 0) is 50.5 Å². The van der Waals surface area contributed by atoms with E-state index in [0.29, 0.717) is 0 Å². The van der Waals surface area contributed by atoms with Crippen LogP contribution in [-0.4, -0.2) is 36.6 Å². The van der Waals surface area contributed by atoms with Gasteiger partial charge in [0.05, 0.1) is 0 Å². The molecule has 2 heteroatoms. The second-order valence-electron chi connectivity index (χ2n) is 6.95. The van der Waals surface area contributed by atoms with Crippen LogP contribution in [0, 0.1) is 11.8 Å². The van der Waals surface area contributed by atoms with E-state index in [1.54, 1.807) is 0 Å². The number of rotatable bonds is 4. The van der Waals surface area contributed by atoms with Crippen molar-refractivity contribution in [3.63, 3.8) is 0 Å². The van der Waals surface area contributed by atoms with Crippen LogP contribution in [-0.2, 0) is 0 Å². The van der Waals surface area contributed by atoms with Crippen LogP contribution in [0.5, 0.6) is 0 Å². The lowest BCUT2D eigenvalue weighted by Crippen LogP contribution is -2.39. The lowest BCUT2D eigenvalue weighted by Gasteiger charge is -2.24. The van der Waals surface area contributed by atoms with E-state index in [1.165, 1.54) is 71.0 Å². The van der Waals surface area contributed by atoms with Crippen molar-refractivity contribution in [3.8, 4) is 0 Å². The van der Waals surface area contributed by atoms with E-state index >= 15 is 0 Å². The van der Waals surface area contributed by atoms with Gasteiger partial charge in [0.25, 0.3) is 0 Å². The molecule has 0 spiro atoms. The SMILES string of the molecule is CCCC1CCN(CC2CC3CCCCC3N2)C1. The summed E-state index contributed by atoms with van der Waals surface area (Å²) in [5.74, 6) is 2.01. The van der Waals surface area contributed by atoms with Gasteiger partial charge in [0.2, 0.25) is 0 Å². The summed E-state index contributed by atoms with van der Waals surface area (Å²) in [6, 6.07) is 1.68. The van der Waals surface area contributed by atoms with Crippen LogP contribution in [0.4, 0.5) is 0 Å². The fourth-order valence-corrected chi connectivity index (χ4v) is 4.61. The van der Waals surface area contributed by atoms with Crippen molar-refractivity contribution >= 4 is 0 Å². The third-order valence-corrected chi connectivity index (χ3v) is 5.49. The summed E-state index contributed by atoms with van der Waals surface area (Å²) in [6.45, 7) is 6.39. The largest absolute Gasteiger partial charge is 0.310 e. The standard InChI is InChI=1S/C16H30N2/c1-2-5-13-8-9-18(11-13)12-15-10-14-6-3-4-7-16(14)17-15/h13-17H,2-12H2,1H3. The molecule has 0 aromatic heterocycles. The zero-order valence-corrected chi connectivity index (χ0v) is 12.0. The topological polar surface area (TPSA) is 15.3 Å². The minimum atomic E-state index is 0.804. The summed E-state index contributed by atoms with van der Waals surface area (Å²) in [5, 5.41) is 3.92. The summed E-state index contributed by atoms with van der Waals surface area (Å²) < 4.78 is 0. The van der Waals surface area contributed by atoms with Crippen LogP contribution < -0.4 is 5.32 Å². The van der Waals surface area contributed by atoms with Crippen LogP contribution in [0.3, 0.4) is 0 Å². The maximum Gasteiger partial charge on any atom is 0.0200 e. The summed E-state index contributed by atoms with van der Waals surface area (Å²) in [6.07, 6.45) is 11.6. The first-order chi connectivity index (χ1) is 8.85. The van der Waals surface area contributed by atoms with Gasteiger partial charge in [0.1, 0.15) is 0 Å². The molecule has 1 N–H and O–H groups in total. The predicted molar refractivity (Wildman–Crippen MR) is 76.7 cm³/mol. The first-order valence-corrected chi connectivity index (χ1v) is 8.33. The number of nitrogens with one attached hydrogen (secondary N) is 1. The van der Waals surface area contributed by atoms with Gasteiger partial charge >= 0.3 is 0 Å². The summed E-state index contributed by atoms with van der Waals surface area (Å²) in [4.78, 5) is 2.73. The molecule has 1 saturated carbocycles. The molecule has 4 unspecified atom stereocenters. The van der Waals surface area contributed by atoms with E-state index in [0.717, 1.165) is 23.9 Å². The average molecular weight is 250 g/mol. The maximum absolute atomic E-state index is 3.92. The fourth-order valence-electron chi connectivity index (χ4n) is 4.61. The van der Waals surface area contributed by atoms with Gasteiger partial charge in [0, 0.05) is 25.2 Å². The van der Waals surface area contributed by atoms with Crippen molar-refractivity contribution in [3.05, 3.63) is 0 Å². The minimum absolute atomic E-state index is 0.804. The summed E-state index contributed by atoms with van der Waals surface area (Å²) in [7, 11) is 0. The molecule has 2 saturated heterocycles. The zero-order chi connectivity index (χ0) is 12.4. The molecule has 0 aromatic rings. The van der Waals surface area contributed by atoms with Gasteiger partial charge in [-0.3, -0.25) is 0 Å². The molecule has 0 radical (unpaired) electrons. The van der Waals surface area contributed by atoms with Gasteiger partial charge < -0.3 is 10.2 Å². The second-order valence-corrected chi connectivity index (χ2v) is 6.95. The normalized spacial score (nSPS) is 41.2. The first-order valence-electron chi connectivity index (χ1n) is 8.33. The molecule has 0 bridgehead atoms. The van der Waals surface area contributed by atoms with Crippen molar-refractivity contribution in [2.24, 2.45) is 11.8 Å². The van der Waals surface area contributed by atoms with Gasteiger partial charge in [-0.15, -0.1) is 0 Å². The van der Waals surface area contributed by atoms with Crippen LogP contribution in [0.15, 0.2) is 0 Å². The molecule has 3 fully saturated rings. The summed E-state index contributed by atoms with van der Waals surface area (Å²) >= 11 is 0. The molecule has 18 heavy (non-hydrogen) atoms. The predicted octanol–water partition coefficient (Wildman–Crippen LogP) is 3.03. The Morgan fingerprint density at radius 1 is 1.17 bits per heavy atom. The Balaban J connectivity index is 1.44. The Kier molecular flexibility index (Phi) is 4.25. The Morgan fingerprint density at radius 3 is 2.89 bits per heavy atom. The van der Waals surface area contributed by atoms with E-state index in [4.69, 9.17) is 0 Å². The molecule has 2 heterocycles. The van der Waals surface area contributed by atoms with Crippen LogP contribution in [0.25, 0.3) is 0 Å². The van der Waals surface area contributed by atoms with E-state index < -0.39 is 0 Å². The number of fused-ring (bicyclic) bond motifs is 1.